The van der Waals surface area contributed by atoms with E-state index in [-0.39, 0.29) is 6.61 Å². The van der Waals surface area contributed by atoms with Crippen LogP contribution in [0.5, 0.6) is 0 Å². The third-order valence-electron chi connectivity index (χ3n) is 2.56. The van der Waals surface area contributed by atoms with Gasteiger partial charge in [0.15, 0.2) is 0 Å². The molecule has 1 unspecified atom stereocenters. The monoisotopic (exact) mass is 241 g/mol. The van der Waals surface area contributed by atoms with Crippen molar-refractivity contribution in [1.82, 2.24) is 0 Å². The number of carbonyl (C=O) groups excluding carboxylic acids is 1. The number of carbonyl (C=O) groups is 1. The molecule has 1 atom stereocenters. The van der Waals surface area contributed by atoms with E-state index in [1.807, 2.05) is 6.92 Å². The van der Waals surface area contributed by atoms with Gasteiger partial charge in [-0.15, -0.1) is 0 Å². The van der Waals surface area contributed by atoms with E-state index >= 15 is 0 Å². The van der Waals surface area contributed by atoms with Gasteiger partial charge in [-0.25, -0.2) is 4.79 Å². The minimum atomic E-state index is -0.417. The maximum Gasteiger partial charge on any atom is 0.330 e. The smallest absolute Gasteiger partial charge is 0.330 e. The van der Waals surface area contributed by atoms with Crippen LogP contribution >= 0.6 is 0 Å². The largest absolute Gasteiger partial charge is 0.460 e. The second-order valence-corrected chi connectivity index (χ2v) is 3.82. The molecule has 4 nitrogen and oxygen atoms in total. The van der Waals surface area contributed by atoms with Crippen molar-refractivity contribution < 1.29 is 14.3 Å². The Morgan fingerprint density at radius 2 is 2.12 bits per heavy atom. The highest BCUT2D eigenvalue weighted by atomic mass is 16.6. The minimum Gasteiger partial charge on any atom is -0.460 e. The standard InChI is InChI=1S/C13H23NO3/c1-5-11(3)12(4)14-7-8-16-9-10-17-13(15)6-2/h6,11H,2,5,7-10H2,1,3-4H3. The van der Waals surface area contributed by atoms with Gasteiger partial charge in [-0.05, 0) is 19.3 Å². The highest BCUT2D eigenvalue weighted by Crippen LogP contribution is 2.03. The quantitative estimate of drug-likeness (QED) is 0.269. The average molecular weight is 241 g/mol. The molecule has 17 heavy (non-hydrogen) atoms. The van der Waals surface area contributed by atoms with Gasteiger partial charge in [-0.2, -0.15) is 0 Å². The summed E-state index contributed by atoms with van der Waals surface area (Å²) >= 11 is 0. The lowest BCUT2D eigenvalue weighted by atomic mass is 10.0. The molecule has 0 amide bonds. The molecule has 98 valence electrons. The molecule has 0 aromatic heterocycles. The molecule has 0 aromatic rings. The van der Waals surface area contributed by atoms with Crippen molar-refractivity contribution >= 4 is 11.7 Å². The number of aliphatic imine (C=N–C) groups is 1. The van der Waals surface area contributed by atoms with Crippen LogP contribution in [0.3, 0.4) is 0 Å². The Bertz CT molecular complexity index is 261. The van der Waals surface area contributed by atoms with E-state index in [0.29, 0.717) is 25.7 Å². The predicted molar refractivity (Wildman–Crippen MR) is 69.4 cm³/mol. The zero-order valence-electron chi connectivity index (χ0n) is 11.1. The number of esters is 1. The van der Waals surface area contributed by atoms with Crippen LogP contribution in [-0.2, 0) is 14.3 Å². The molecule has 0 N–H and O–H groups in total. The summed E-state index contributed by atoms with van der Waals surface area (Å²) in [4.78, 5) is 15.1. The minimum absolute atomic E-state index is 0.263. The lowest BCUT2D eigenvalue weighted by Gasteiger charge is -2.08. The molecule has 0 saturated carbocycles. The van der Waals surface area contributed by atoms with Crippen molar-refractivity contribution in [2.24, 2.45) is 10.9 Å². The second kappa shape index (κ2) is 10.0. The number of hydrogen-bond acceptors (Lipinski definition) is 4. The van der Waals surface area contributed by atoms with Crippen molar-refractivity contribution in [3.63, 3.8) is 0 Å². The van der Waals surface area contributed by atoms with E-state index in [1.54, 1.807) is 0 Å². The molecule has 4 heteroatoms. The number of rotatable bonds is 9. The van der Waals surface area contributed by atoms with Crippen LogP contribution in [0.15, 0.2) is 17.6 Å². The Hall–Kier alpha value is -1.16. The predicted octanol–water partition coefficient (Wildman–Crippen LogP) is 2.24. The Balaban J connectivity index is 3.46. The van der Waals surface area contributed by atoms with E-state index in [4.69, 9.17) is 9.47 Å². The van der Waals surface area contributed by atoms with Crippen LogP contribution in [-0.4, -0.2) is 38.0 Å². The first-order chi connectivity index (χ1) is 8.11. The molecule has 0 aromatic carbocycles. The first kappa shape index (κ1) is 15.8. The first-order valence-electron chi connectivity index (χ1n) is 5.99. The normalized spacial score (nSPS) is 13.2. The molecular weight excluding hydrogens is 218 g/mol. The summed E-state index contributed by atoms with van der Waals surface area (Å²) in [6.45, 7) is 11.5. The van der Waals surface area contributed by atoms with Crippen molar-refractivity contribution in [1.29, 1.82) is 0 Å². The van der Waals surface area contributed by atoms with E-state index in [1.165, 1.54) is 0 Å². The van der Waals surface area contributed by atoms with E-state index in [9.17, 15) is 4.79 Å². The Morgan fingerprint density at radius 1 is 1.41 bits per heavy atom. The first-order valence-corrected chi connectivity index (χ1v) is 5.99. The number of hydrogen-bond donors (Lipinski definition) is 0. The van der Waals surface area contributed by atoms with Crippen LogP contribution in [0.1, 0.15) is 27.2 Å². The maximum absolute atomic E-state index is 10.7. The molecule has 0 spiro atoms. The van der Waals surface area contributed by atoms with Crippen LogP contribution < -0.4 is 0 Å². The SMILES string of the molecule is C=CC(=O)OCCOCCN=C(C)C(C)CC. The van der Waals surface area contributed by atoms with Crippen LogP contribution in [0.25, 0.3) is 0 Å². The summed E-state index contributed by atoms with van der Waals surface area (Å²) in [5, 5.41) is 0. The lowest BCUT2D eigenvalue weighted by molar-refractivity contribution is -0.139. The molecule has 0 rings (SSSR count). The summed E-state index contributed by atoms with van der Waals surface area (Å²) in [7, 11) is 0. The van der Waals surface area contributed by atoms with Crippen LogP contribution in [0.4, 0.5) is 0 Å². The molecule has 0 fully saturated rings. The summed E-state index contributed by atoms with van der Waals surface area (Å²) in [5.41, 5.74) is 1.16. The lowest BCUT2D eigenvalue weighted by Crippen LogP contribution is -2.11. The van der Waals surface area contributed by atoms with E-state index in [2.05, 4.69) is 25.4 Å². The molecule has 0 heterocycles. The van der Waals surface area contributed by atoms with Gasteiger partial charge in [0, 0.05) is 11.8 Å². The maximum atomic E-state index is 10.7. The molecule has 0 aliphatic heterocycles. The molecular formula is C13H23NO3. The number of ether oxygens (including phenoxy) is 2. The molecule has 0 saturated heterocycles. The molecule has 0 aliphatic carbocycles. The highest BCUT2D eigenvalue weighted by Gasteiger charge is 2.01. The second-order valence-electron chi connectivity index (χ2n) is 3.82. The van der Waals surface area contributed by atoms with Gasteiger partial charge in [0.1, 0.15) is 6.61 Å². The zero-order chi connectivity index (χ0) is 13.1. The summed E-state index contributed by atoms with van der Waals surface area (Å²) in [6, 6.07) is 0. The van der Waals surface area contributed by atoms with Crippen molar-refractivity contribution in [3.05, 3.63) is 12.7 Å². The highest BCUT2D eigenvalue weighted by molar-refractivity contribution is 5.83. The van der Waals surface area contributed by atoms with Crippen molar-refractivity contribution in [2.75, 3.05) is 26.4 Å². The van der Waals surface area contributed by atoms with Crippen molar-refractivity contribution in [3.8, 4) is 0 Å². The Kier molecular flexibility index (Phi) is 9.34. The summed E-state index contributed by atoms with van der Waals surface area (Å²) < 4.78 is 10.0. The van der Waals surface area contributed by atoms with E-state index in [0.717, 1.165) is 18.2 Å². The fourth-order valence-electron chi connectivity index (χ4n) is 1.10. The molecule has 0 aliphatic rings. The zero-order valence-corrected chi connectivity index (χ0v) is 11.1. The topological polar surface area (TPSA) is 47.9 Å². The van der Waals surface area contributed by atoms with Gasteiger partial charge in [-0.3, -0.25) is 4.99 Å². The molecule has 0 bridgehead atoms. The van der Waals surface area contributed by atoms with E-state index < -0.39 is 5.97 Å². The van der Waals surface area contributed by atoms with Gasteiger partial charge in [-0.1, -0.05) is 20.4 Å². The molecule has 0 radical (unpaired) electrons. The fraction of sp³-hybridized carbons (Fsp3) is 0.692. The van der Waals surface area contributed by atoms with Gasteiger partial charge >= 0.3 is 5.97 Å². The van der Waals surface area contributed by atoms with Crippen molar-refractivity contribution in [2.45, 2.75) is 27.2 Å². The van der Waals surface area contributed by atoms with Gasteiger partial charge in [0.05, 0.1) is 19.8 Å². The third-order valence-corrected chi connectivity index (χ3v) is 2.56. The van der Waals surface area contributed by atoms with Gasteiger partial charge in [0.25, 0.3) is 0 Å². The summed E-state index contributed by atoms with van der Waals surface area (Å²) in [5.74, 6) is 0.114. The summed E-state index contributed by atoms with van der Waals surface area (Å²) in [6.07, 6.45) is 2.24. The Labute approximate surface area is 104 Å². The average Bonchev–Trinajstić information content (AvgIpc) is 2.35. The van der Waals surface area contributed by atoms with Crippen LogP contribution in [0.2, 0.25) is 0 Å². The fourth-order valence-corrected chi connectivity index (χ4v) is 1.10. The van der Waals surface area contributed by atoms with Gasteiger partial charge < -0.3 is 9.47 Å². The van der Waals surface area contributed by atoms with Crippen LogP contribution in [0, 0.1) is 5.92 Å². The van der Waals surface area contributed by atoms with Gasteiger partial charge in [0.2, 0.25) is 0 Å². The third kappa shape index (κ3) is 8.63. The number of nitrogens with zero attached hydrogens (tertiary/aromatic N) is 1. The Morgan fingerprint density at radius 3 is 2.71 bits per heavy atom.